The number of hydrogen-bond acceptors (Lipinski definition) is 4. The standard InChI is InChI=1S/C20H31N3OS/c1-2-7-21-8-5-20(6-9-21)15-18(20)19(24)23-12-10-22(11-13-23)16-17-4-3-14-25-17/h3-4,14,18H,2,5-13,15-16H2,1H3. The Morgan fingerprint density at radius 2 is 1.92 bits per heavy atom. The highest BCUT2D eigenvalue weighted by Gasteiger charge is 2.59. The predicted octanol–water partition coefficient (Wildman–Crippen LogP) is 2.90. The highest BCUT2D eigenvalue weighted by atomic mass is 32.1. The van der Waals surface area contributed by atoms with Gasteiger partial charge in [0.25, 0.3) is 0 Å². The van der Waals surface area contributed by atoms with Crippen molar-refractivity contribution in [2.45, 2.75) is 39.2 Å². The van der Waals surface area contributed by atoms with Gasteiger partial charge in [-0.05, 0) is 62.2 Å². The molecule has 1 aromatic rings. The lowest BCUT2D eigenvalue weighted by Gasteiger charge is -2.36. The minimum Gasteiger partial charge on any atom is -0.340 e. The van der Waals surface area contributed by atoms with Crippen molar-refractivity contribution in [3.05, 3.63) is 22.4 Å². The van der Waals surface area contributed by atoms with Crippen molar-refractivity contribution >= 4 is 17.2 Å². The van der Waals surface area contributed by atoms with E-state index in [1.165, 1.54) is 43.8 Å². The molecule has 1 spiro atoms. The van der Waals surface area contributed by atoms with E-state index in [4.69, 9.17) is 0 Å². The van der Waals surface area contributed by atoms with Crippen LogP contribution in [0.5, 0.6) is 0 Å². The Morgan fingerprint density at radius 1 is 1.16 bits per heavy atom. The molecule has 4 nitrogen and oxygen atoms in total. The largest absolute Gasteiger partial charge is 0.340 e. The topological polar surface area (TPSA) is 26.8 Å². The van der Waals surface area contributed by atoms with Crippen LogP contribution in [0.4, 0.5) is 0 Å². The molecule has 0 N–H and O–H groups in total. The lowest BCUT2D eigenvalue weighted by molar-refractivity contribution is -0.135. The molecule has 2 aliphatic heterocycles. The molecule has 1 atom stereocenters. The average Bonchev–Trinajstić information content (AvgIpc) is 3.07. The van der Waals surface area contributed by atoms with E-state index in [0.29, 0.717) is 17.2 Å². The first-order chi connectivity index (χ1) is 12.2. The third-order valence-corrected chi connectivity index (χ3v) is 7.38. The van der Waals surface area contributed by atoms with E-state index >= 15 is 0 Å². The fraction of sp³-hybridized carbons (Fsp3) is 0.750. The van der Waals surface area contributed by atoms with Crippen molar-refractivity contribution < 1.29 is 4.79 Å². The fourth-order valence-electron chi connectivity index (χ4n) is 4.76. The summed E-state index contributed by atoms with van der Waals surface area (Å²) in [7, 11) is 0. The predicted molar refractivity (Wildman–Crippen MR) is 103 cm³/mol. The molecule has 1 amide bonds. The summed E-state index contributed by atoms with van der Waals surface area (Å²) in [5.41, 5.74) is 0.370. The highest BCUT2D eigenvalue weighted by Crippen LogP contribution is 2.60. The van der Waals surface area contributed by atoms with E-state index in [0.717, 1.165) is 39.1 Å². The second-order valence-electron chi connectivity index (χ2n) is 8.14. The van der Waals surface area contributed by atoms with Gasteiger partial charge in [-0.15, -0.1) is 11.3 Å². The number of piperazine rings is 1. The highest BCUT2D eigenvalue weighted by molar-refractivity contribution is 7.09. The van der Waals surface area contributed by atoms with Crippen molar-refractivity contribution in [3.8, 4) is 0 Å². The zero-order valence-electron chi connectivity index (χ0n) is 15.5. The molecule has 0 bridgehead atoms. The summed E-state index contributed by atoms with van der Waals surface area (Å²) in [5, 5.41) is 2.15. The van der Waals surface area contributed by atoms with E-state index < -0.39 is 0 Å². The summed E-state index contributed by atoms with van der Waals surface area (Å²) in [4.78, 5) is 21.6. The van der Waals surface area contributed by atoms with Gasteiger partial charge in [-0.3, -0.25) is 9.69 Å². The summed E-state index contributed by atoms with van der Waals surface area (Å²) in [6, 6.07) is 4.33. The zero-order chi connectivity index (χ0) is 17.3. The zero-order valence-corrected chi connectivity index (χ0v) is 16.3. The molecule has 3 heterocycles. The van der Waals surface area contributed by atoms with Crippen LogP contribution in [0.15, 0.2) is 17.5 Å². The lowest BCUT2D eigenvalue weighted by atomic mass is 9.90. The molecule has 138 valence electrons. The Morgan fingerprint density at radius 3 is 2.56 bits per heavy atom. The van der Waals surface area contributed by atoms with Gasteiger partial charge in [0.15, 0.2) is 0 Å². The summed E-state index contributed by atoms with van der Waals surface area (Å²) in [6.07, 6.45) is 4.87. The Hall–Kier alpha value is -0.910. The van der Waals surface area contributed by atoms with Crippen LogP contribution in [-0.2, 0) is 11.3 Å². The van der Waals surface area contributed by atoms with Crippen molar-refractivity contribution in [1.29, 1.82) is 0 Å². The maximum Gasteiger partial charge on any atom is 0.226 e. The molecule has 25 heavy (non-hydrogen) atoms. The normalized spacial score (nSPS) is 26.9. The maximum absolute atomic E-state index is 13.0. The Balaban J connectivity index is 1.24. The van der Waals surface area contributed by atoms with Crippen LogP contribution in [0.1, 0.15) is 37.5 Å². The van der Waals surface area contributed by atoms with Gasteiger partial charge in [0, 0.05) is 43.5 Å². The van der Waals surface area contributed by atoms with Gasteiger partial charge in [0.2, 0.25) is 5.91 Å². The van der Waals surface area contributed by atoms with Crippen LogP contribution in [-0.4, -0.2) is 66.4 Å². The first-order valence-electron chi connectivity index (χ1n) is 9.96. The Labute approximate surface area is 155 Å². The van der Waals surface area contributed by atoms with Crippen LogP contribution in [0.2, 0.25) is 0 Å². The number of piperidine rings is 1. The lowest BCUT2D eigenvalue weighted by Crippen LogP contribution is -2.49. The van der Waals surface area contributed by atoms with E-state index in [2.05, 4.69) is 39.1 Å². The van der Waals surface area contributed by atoms with Gasteiger partial charge >= 0.3 is 0 Å². The number of likely N-dealkylation sites (tertiary alicyclic amines) is 1. The molecule has 1 aliphatic carbocycles. The van der Waals surface area contributed by atoms with Crippen molar-refractivity contribution in [2.75, 3.05) is 45.8 Å². The van der Waals surface area contributed by atoms with Gasteiger partial charge in [0.1, 0.15) is 0 Å². The van der Waals surface area contributed by atoms with E-state index in [9.17, 15) is 4.79 Å². The third kappa shape index (κ3) is 3.79. The third-order valence-electron chi connectivity index (χ3n) is 6.52. The van der Waals surface area contributed by atoms with E-state index in [1.807, 2.05) is 11.3 Å². The first-order valence-corrected chi connectivity index (χ1v) is 10.8. The molecule has 0 radical (unpaired) electrons. The van der Waals surface area contributed by atoms with Crippen LogP contribution in [0.25, 0.3) is 0 Å². The van der Waals surface area contributed by atoms with Gasteiger partial charge in [-0.25, -0.2) is 0 Å². The van der Waals surface area contributed by atoms with E-state index in [1.54, 1.807) is 0 Å². The maximum atomic E-state index is 13.0. The van der Waals surface area contributed by atoms with Crippen molar-refractivity contribution in [1.82, 2.24) is 14.7 Å². The number of thiophene rings is 1. The van der Waals surface area contributed by atoms with Crippen molar-refractivity contribution in [2.24, 2.45) is 11.3 Å². The molecule has 1 unspecified atom stereocenters. The van der Waals surface area contributed by atoms with Gasteiger partial charge in [-0.1, -0.05) is 13.0 Å². The van der Waals surface area contributed by atoms with Gasteiger partial charge in [0.05, 0.1) is 0 Å². The molecule has 1 aromatic heterocycles. The number of carbonyl (C=O) groups is 1. The second-order valence-corrected chi connectivity index (χ2v) is 9.17. The number of hydrogen-bond donors (Lipinski definition) is 0. The molecule has 1 saturated carbocycles. The van der Waals surface area contributed by atoms with Crippen molar-refractivity contribution in [3.63, 3.8) is 0 Å². The number of carbonyl (C=O) groups excluding carboxylic acids is 1. The van der Waals surface area contributed by atoms with Gasteiger partial charge < -0.3 is 9.80 Å². The number of nitrogens with zero attached hydrogens (tertiary/aromatic N) is 3. The molecular formula is C20H31N3OS. The minimum absolute atomic E-state index is 0.333. The summed E-state index contributed by atoms with van der Waals surface area (Å²) in [6.45, 7) is 10.8. The van der Waals surface area contributed by atoms with Gasteiger partial charge in [-0.2, -0.15) is 0 Å². The summed E-state index contributed by atoms with van der Waals surface area (Å²) < 4.78 is 0. The minimum atomic E-state index is 0.333. The molecular weight excluding hydrogens is 330 g/mol. The summed E-state index contributed by atoms with van der Waals surface area (Å²) in [5.74, 6) is 0.792. The van der Waals surface area contributed by atoms with Crippen LogP contribution >= 0.6 is 11.3 Å². The van der Waals surface area contributed by atoms with E-state index in [-0.39, 0.29) is 0 Å². The number of rotatable bonds is 5. The molecule has 3 fully saturated rings. The SMILES string of the molecule is CCCN1CCC2(CC1)CC2C(=O)N1CCN(Cc2cccs2)CC1. The van der Waals surface area contributed by atoms with Crippen LogP contribution in [0, 0.1) is 11.3 Å². The molecule has 4 rings (SSSR count). The smallest absolute Gasteiger partial charge is 0.226 e. The molecule has 2 saturated heterocycles. The summed E-state index contributed by atoms with van der Waals surface area (Å²) >= 11 is 1.83. The quantitative estimate of drug-likeness (QED) is 0.807. The molecule has 5 heteroatoms. The monoisotopic (exact) mass is 361 g/mol. The van der Waals surface area contributed by atoms with Crippen LogP contribution < -0.4 is 0 Å². The molecule has 3 aliphatic rings. The average molecular weight is 362 g/mol. The first kappa shape index (κ1) is 17.5. The number of amides is 1. The Bertz CT molecular complexity index is 572. The molecule has 0 aromatic carbocycles. The fourth-order valence-corrected chi connectivity index (χ4v) is 5.50. The van der Waals surface area contributed by atoms with Crippen LogP contribution in [0.3, 0.4) is 0 Å². The second kappa shape index (κ2) is 7.37. The Kier molecular flexibility index (Phi) is 5.16.